The third-order valence-electron chi connectivity index (χ3n) is 3.52. The average Bonchev–Trinajstić information content (AvgIpc) is 3.06. The van der Waals surface area contributed by atoms with Gasteiger partial charge in [-0.05, 0) is 42.0 Å². The maximum atomic E-state index is 12.8. The molecule has 1 aliphatic heterocycles. The number of benzene rings is 2. The second kappa shape index (κ2) is 7.88. The average molecular weight is 480 g/mol. The minimum atomic E-state index is -3.61. The summed E-state index contributed by atoms with van der Waals surface area (Å²) in [6.45, 7) is 0.807. The number of hydrogen-bond acceptors (Lipinski definition) is 4. The van der Waals surface area contributed by atoms with E-state index in [-0.39, 0.29) is 4.90 Å². The number of hydrogen-bond donors (Lipinski definition) is 0. The van der Waals surface area contributed by atoms with Crippen molar-refractivity contribution in [1.82, 2.24) is 4.31 Å². The standard InChI is InChI=1S/C16H13BrCl2N2O2S2/c17-12-2-4-13(5-3-12)25(22,23)21-8-7-20-16(21)24-10-11-1-6-14(18)15(19)9-11/h1-6,9H,7-8,10H2. The number of sulfonamides is 1. The van der Waals surface area contributed by atoms with E-state index in [1.165, 1.54) is 16.1 Å². The van der Waals surface area contributed by atoms with Crippen molar-refractivity contribution in [3.8, 4) is 0 Å². The summed E-state index contributed by atoms with van der Waals surface area (Å²) in [5.41, 5.74) is 0.954. The fourth-order valence-corrected chi connectivity index (χ4v) is 5.51. The third kappa shape index (κ3) is 4.34. The number of halogens is 3. The van der Waals surface area contributed by atoms with Crippen molar-refractivity contribution in [2.45, 2.75) is 10.6 Å². The molecule has 132 valence electrons. The Bertz CT molecular complexity index is 918. The molecule has 1 heterocycles. The second-order valence-electron chi connectivity index (χ2n) is 5.23. The Morgan fingerprint density at radius 2 is 1.84 bits per heavy atom. The molecule has 0 aromatic heterocycles. The molecule has 0 unspecified atom stereocenters. The van der Waals surface area contributed by atoms with Gasteiger partial charge in [-0.3, -0.25) is 4.99 Å². The van der Waals surface area contributed by atoms with E-state index in [0.29, 0.717) is 34.1 Å². The van der Waals surface area contributed by atoms with Gasteiger partial charge < -0.3 is 0 Å². The van der Waals surface area contributed by atoms with Gasteiger partial charge in [-0.2, -0.15) is 0 Å². The summed E-state index contributed by atoms with van der Waals surface area (Å²) in [6, 6.07) is 12.0. The Hall–Kier alpha value is -0.730. The van der Waals surface area contributed by atoms with E-state index in [1.54, 1.807) is 36.4 Å². The minimum absolute atomic E-state index is 0.250. The Kier molecular flexibility index (Phi) is 6.00. The van der Waals surface area contributed by atoms with Crippen LogP contribution in [-0.4, -0.2) is 31.0 Å². The third-order valence-corrected chi connectivity index (χ3v) is 7.79. The summed E-state index contributed by atoms with van der Waals surface area (Å²) in [4.78, 5) is 4.59. The summed E-state index contributed by atoms with van der Waals surface area (Å²) in [5, 5.41) is 1.47. The Morgan fingerprint density at radius 1 is 1.12 bits per heavy atom. The zero-order valence-electron chi connectivity index (χ0n) is 12.8. The van der Waals surface area contributed by atoms with E-state index < -0.39 is 10.0 Å². The number of nitrogens with zero attached hydrogens (tertiary/aromatic N) is 2. The first-order valence-electron chi connectivity index (χ1n) is 7.27. The first kappa shape index (κ1) is 19.0. The predicted octanol–water partition coefficient (Wildman–Crippen LogP) is 5.05. The van der Waals surface area contributed by atoms with Crippen molar-refractivity contribution in [3.05, 3.63) is 62.5 Å². The molecule has 25 heavy (non-hydrogen) atoms. The number of aliphatic imine (C=N–C) groups is 1. The van der Waals surface area contributed by atoms with Crippen LogP contribution in [0.2, 0.25) is 10.0 Å². The van der Waals surface area contributed by atoms with Crippen LogP contribution in [0.3, 0.4) is 0 Å². The van der Waals surface area contributed by atoms with Crippen LogP contribution in [0.15, 0.2) is 56.8 Å². The van der Waals surface area contributed by atoms with Crippen LogP contribution in [0, 0.1) is 0 Å². The zero-order chi connectivity index (χ0) is 18.0. The van der Waals surface area contributed by atoms with Crippen molar-refractivity contribution in [2.24, 2.45) is 4.99 Å². The quantitative estimate of drug-likeness (QED) is 0.616. The predicted molar refractivity (Wildman–Crippen MR) is 108 cm³/mol. The molecule has 0 saturated heterocycles. The number of thioether (sulfide) groups is 1. The van der Waals surface area contributed by atoms with Gasteiger partial charge in [0.25, 0.3) is 10.0 Å². The van der Waals surface area contributed by atoms with E-state index in [1.807, 2.05) is 6.07 Å². The highest BCUT2D eigenvalue weighted by Crippen LogP contribution is 2.28. The molecule has 0 saturated carbocycles. The minimum Gasteiger partial charge on any atom is -0.260 e. The van der Waals surface area contributed by atoms with Gasteiger partial charge >= 0.3 is 0 Å². The lowest BCUT2D eigenvalue weighted by atomic mass is 10.2. The van der Waals surface area contributed by atoms with E-state index >= 15 is 0 Å². The molecule has 9 heteroatoms. The van der Waals surface area contributed by atoms with Crippen LogP contribution in [0.1, 0.15) is 5.56 Å². The first-order valence-corrected chi connectivity index (χ1v) is 11.2. The fraction of sp³-hybridized carbons (Fsp3) is 0.188. The maximum absolute atomic E-state index is 12.8. The SMILES string of the molecule is O=S(=O)(c1ccc(Br)cc1)N1CCN=C1SCc1ccc(Cl)c(Cl)c1. The van der Waals surface area contributed by atoms with Crippen molar-refractivity contribution < 1.29 is 8.42 Å². The van der Waals surface area contributed by atoms with E-state index in [0.717, 1.165) is 10.0 Å². The summed E-state index contributed by atoms with van der Waals surface area (Å²) in [7, 11) is -3.61. The largest absolute Gasteiger partial charge is 0.265 e. The first-order chi connectivity index (χ1) is 11.9. The van der Waals surface area contributed by atoms with Gasteiger partial charge in [0.05, 0.1) is 28.0 Å². The Balaban J connectivity index is 1.75. The summed E-state index contributed by atoms with van der Waals surface area (Å²) in [6.07, 6.45) is 0. The molecule has 2 aromatic carbocycles. The highest BCUT2D eigenvalue weighted by molar-refractivity contribution is 9.10. The van der Waals surface area contributed by atoms with Gasteiger partial charge in [0, 0.05) is 10.2 Å². The van der Waals surface area contributed by atoms with E-state index in [9.17, 15) is 8.42 Å². The van der Waals surface area contributed by atoms with Crippen LogP contribution in [0.4, 0.5) is 0 Å². The van der Waals surface area contributed by atoms with E-state index in [2.05, 4.69) is 20.9 Å². The van der Waals surface area contributed by atoms with Crippen LogP contribution in [0.5, 0.6) is 0 Å². The van der Waals surface area contributed by atoms with Gasteiger partial charge in [0.1, 0.15) is 0 Å². The lowest BCUT2D eigenvalue weighted by Crippen LogP contribution is -2.32. The zero-order valence-corrected chi connectivity index (χ0v) is 17.6. The monoisotopic (exact) mass is 478 g/mol. The molecule has 2 aromatic rings. The molecule has 0 atom stereocenters. The smallest absolute Gasteiger partial charge is 0.260 e. The molecule has 0 aliphatic carbocycles. The van der Waals surface area contributed by atoms with Crippen molar-refractivity contribution in [1.29, 1.82) is 0 Å². The van der Waals surface area contributed by atoms with Gasteiger partial charge in [0.2, 0.25) is 0 Å². The second-order valence-corrected chi connectivity index (χ2v) is 9.77. The molecule has 4 nitrogen and oxygen atoms in total. The molecular weight excluding hydrogens is 467 g/mol. The summed E-state index contributed by atoms with van der Waals surface area (Å²) >= 11 is 16.6. The Labute approximate surface area is 169 Å². The lowest BCUT2D eigenvalue weighted by molar-refractivity contribution is 0.540. The Morgan fingerprint density at radius 3 is 2.52 bits per heavy atom. The van der Waals surface area contributed by atoms with E-state index in [4.69, 9.17) is 23.2 Å². The topological polar surface area (TPSA) is 49.7 Å². The fourth-order valence-electron chi connectivity index (χ4n) is 2.26. The van der Waals surface area contributed by atoms with Crippen LogP contribution >= 0.6 is 50.9 Å². The lowest BCUT2D eigenvalue weighted by Gasteiger charge is -2.20. The molecule has 0 amide bonds. The summed E-state index contributed by atoms with van der Waals surface area (Å²) < 4.78 is 27.9. The van der Waals surface area contributed by atoms with Crippen molar-refractivity contribution in [3.63, 3.8) is 0 Å². The summed E-state index contributed by atoms with van der Waals surface area (Å²) in [5.74, 6) is 0.558. The molecule has 3 rings (SSSR count). The molecule has 0 spiro atoms. The molecule has 0 bridgehead atoms. The highest BCUT2D eigenvalue weighted by atomic mass is 79.9. The molecule has 0 fully saturated rings. The molecular formula is C16H13BrCl2N2O2S2. The molecule has 0 radical (unpaired) electrons. The molecule has 0 N–H and O–H groups in total. The van der Waals surface area contributed by atoms with Crippen LogP contribution in [0.25, 0.3) is 0 Å². The van der Waals surface area contributed by atoms with Gasteiger partial charge in [-0.15, -0.1) is 0 Å². The number of amidine groups is 1. The van der Waals surface area contributed by atoms with Crippen LogP contribution in [-0.2, 0) is 15.8 Å². The van der Waals surface area contributed by atoms with Gasteiger partial charge in [0.15, 0.2) is 5.17 Å². The maximum Gasteiger partial charge on any atom is 0.265 e. The van der Waals surface area contributed by atoms with Crippen molar-refractivity contribution in [2.75, 3.05) is 13.1 Å². The van der Waals surface area contributed by atoms with Gasteiger partial charge in [-0.25, -0.2) is 12.7 Å². The highest BCUT2D eigenvalue weighted by Gasteiger charge is 2.30. The normalized spacial score (nSPS) is 14.7. The van der Waals surface area contributed by atoms with Crippen molar-refractivity contribution >= 4 is 66.1 Å². The number of rotatable bonds is 4. The van der Waals surface area contributed by atoms with Gasteiger partial charge in [-0.1, -0.05) is 57.0 Å². The molecule has 1 aliphatic rings. The van der Waals surface area contributed by atoms with Crippen LogP contribution < -0.4 is 0 Å².